The summed E-state index contributed by atoms with van der Waals surface area (Å²) < 4.78 is 23.2. The van der Waals surface area contributed by atoms with Crippen LogP contribution in [0.15, 0.2) is 71.1 Å². The van der Waals surface area contributed by atoms with Crippen LogP contribution >= 0.6 is 11.3 Å². The number of carbonyl (C=O) groups excluding carboxylic acids is 1. The molecule has 0 aliphatic carbocycles. The predicted octanol–water partition coefficient (Wildman–Crippen LogP) is 3.58. The average Bonchev–Trinajstić information content (AvgIpc) is 3.12. The standard InChI is InChI=1S/C18H16N2O3S2/c1-25(22,23)15-9-7-14(8-10-15)17(21)16(13-5-3-2-4-6-13)20-18-19-11-12-24-18/h2-12,16H,1H3,(H,19,20). The van der Waals surface area contributed by atoms with Gasteiger partial charge in [-0.25, -0.2) is 13.4 Å². The Morgan fingerprint density at radius 3 is 2.32 bits per heavy atom. The fourth-order valence-electron chi connectivity index (χ4n) is 2.40. The van der Waals surface area contributed by atoms with Crippen molar-refractivity contribution in [2.24, 2.45) is 0 Å². The topological polar surface area (TPSA) is 76.1 Å². The highest BCUT2D eigenvalue weighted by Crippen LogP contribution is 2.25. The van der Waals surface area contributed by atoms with Crippen LogP contribution in [0.5, 0.6) is 0 Å². The first-order valence-electron chi connectivity index (χ1n) is 7.50. The minimum Gasteiger partial charge on any atom is -0.347 e. The molecular formula is C18H16N2O3S2. The summed E-state index contributed by atoms with van der Waals surface area (Å²) in [5.74, 6) is -0.151. The smallest absolute Gasteiger partial charge is 0.189 e. The predicted molar refractivity (Wildman–Crippen MR) is 98.8 cm³/mol. The van der Waals surface area contributed by atoms with Gasteiger partial charge in [0.1, 0.15) is 6.04 Å². The van der Waals surface area contributed by atoms with Gasteiger partial charge in [-0.15, -0.1) is 11.3 Å². The molecule has 0 saturated carbocycles. The maximum atomic E-state index is 13.0. The number of Topliss-reactive ketones (excluding diaryl/α,β-unsaturated/α-hetero) is 1. The van der Waals surface area contributed by atoms with Gasteiger partial charge in [0.2, 0.25) is 0 Å². The van der Waals surface area contributed by atoms with E-state index in [1.807, 2.05) is 35.7 Å². The Labute approximate surface area is 150 Å². The zero-order chi connectivity index (χ0) is 17.9. The minimum atomic E-state index is -3.29. The van der Waals surface area contributed by atoms with Gasteiger partial charge in [0, 0.05) is 23.4 Å². The number of carbonyl (C=O) groups is 1. The van der Waals surface area contributed by atoms with Crippen LogP contribution in [0.1, 0.15) is 22.0 Å². The van der Waals surface area contributed by atoms with Gasteiger partial charge < -0.3 is 5.32 Å². The second kappa shape index (κ2) is 7.16. The Hall–Kier alpha value is -2.51. The van der Waals surface area contributed by atoms with Gasteiger partial charge in [-0.1, -0.05) is 42.5 Å². The van der Waals surface area contributed by atoms with E-state index in [-0.39, 0.29) is 10.7 Å². The fraction of sp³-hybridized carbons (Fsp3) is 0.111. The Kier molecular flexibility index (Phi) is 4.96. The van der Waals surface area contributed by atoms with Crippen molar-refractivity contribution in [2.45, 2.75) is 10.9 Å². The van der Waals surface area contributed by atoms with Gasteiger partial charge in [0.25, 0.3) is 0 Å². The van der Waals surface area contributed by atoms with E-state index in [0.717, 1.165) is 11.8 Å². The molecule has 0 fully saturated rings. The van der Waals surface area contributed by atoms with E-state index >= 15 is 0 Å². The molecule has 0 radical (unpaired) electrons. The Morgan fingerprint density at radius 2 is 1.76 bits per heavy atom. The van der Waals surface area contributed by atoms with E-state index in [4.69, 9.17) is 0 Å². The van der Waals surface area contributed by atoms with Crippen molar-refractivity contribution >= 4 is 32.1 Å². The van der Waals surface area contributed by atoms with Crippen molar-refractivity contribution in [1.82, 2.24) is 4.98 Å². The summed E-state index contributed by atoms with van der Waals surface area (Å²) in [6.45, 7) is 0. The van der Waals surface area contributed by atoms with Crippen molar-refractivity contribution in [3.05, 3.63) is 77.3 Å². The maximum absolute atomic E-state index is 13.0. The second-order valence-corrected chi connectivity index (χ2v) is 8.40. The van der Waals surface area contributed by atoms with Crippen LogP contribution in [-0.2, 0) is 9.84 Å². The number of hydrogen-bond donors (Lipinski definition) is 1. The van der Waals surface area contributed by atoms with E-state index < -0.39 is 15.9 Å². The van der Waals surface area contributed by atoms with Crippen LogP contribution < -0.4 is 5.32 Å². The lowest BCUT2D eigenvalue weighted by Gasteiger charge is -2.18. The van der Waals surface area contributed by atoms with Crippen molar-refractivity contribution < 1.29 is 13.2 Å². The molecular weight excluding hydrogens is 356 g/mol. The Balaban J connectivity index is 1.94. The number of nitrogens with one attached hydrogen (secondary N) is 1. The highest BCUT2D eigenvalue weighted by molar-refractivity contribution is 7.90. The van der Waals surface area contributed by atoms with Crippen LogP contribution in [0.25, 0.3) is 0 Å². The minimum absolute atomic E-state index is 0.151. The average molecular weight is 372 g/mol. The number of rotatable bonds is 6. The molecule has 3 aromatic rings. The molecule has 25 heavy (non-hydrogen) atoms. The van der Waals surface area contributed by atoms with Crippen molar-refractivity contribution in [2.75, 3.05) is 11.6 Å². The zero-order valence-corrected chi connectivity index (χ0v) is 15.0. The number of aromatic nitrogens is 1. The molecule has 7 heteroatoms. The molecule has 0 saturated heterocycles. The highest BCUT2D eigenvalue weighted by atomic mass is 32.2. The normalized spacial score (nSPS) is 12.5. The lowest BCUT2D eigenvalue weighted by atomic mass is 9.97. The lowest BCUT2D eigenvalue weighted by molar-refractivity contribution is 0.0969. The first-order chi connectivity index (χ1) is 11.9. The molecule has 3 rings (SSSR count). The second-order valence-electron chi connectivity index (χ2n) is 5.49. The number of nitrogens with zero attached hydrogens (tertiary/aromatic N) is 1. The first kappa shape index (κ1) is 17.3. The molecule has 1 atom stereocenters. The molecule has 1 unspecified atom stereocenters. The third-order valence-electron chi connectivity index (χ3n) is 3.66. The summed E-state index contributed by atoms with van der Waals surface area (Å²) in [4.78, 5) is 17.4. The van der Waals surface area contributed by atoms with Crippen LogP contribution in [0.2, 0.25) is 0 Å². The van der Waals surface area contributed by atoms with E-state index in [9.17, 15) is 13.2 Å². The molecule has 1 N–H and O–H groups in total. The van der Waals surface area contributed by atoms with E-state index in [2.05, 4.69) is 10.3 Å². The summed E-state index contributed by atoms with van der Waals surface area (Å²) in [7, 11) is -3.29. The number of sulfone groups is 1. The van der Waals surface area contributed by atoms with E-state index in [1.54, 1.807) is 6.20 Å². The van der Waals surface area contributed by atoms with Gasteiger partial charge in [-0.3, -0.25) is 4.79 Å². The first-order valence-corrected chi connectivity index (χ1v) is 10.3. The molecule has 1 heterocycles. The molecule has 0 aliphatic heterocycles. The van der Waals surface area contributed by atoms with Crippen LogP contribution in [0, 0.1) is 0 Å². The van der Waals surface area contributed by atoms with Gasteiger partial charge in [0.05, 0.1) is 4.90 Å². The van der Waals surface area contributed by atoms with E-state index in [0.29, 0.717) is 10.7 Å². The quantitative estimate of drug-likeness (QED) is 0.669. The molecule has 0 spiro atoms. The summed E-state index contributed by atoms with van der Waals surface area (Å²) >= 11 is 1.41. The van der Waals surface area contributed by atoms with Gasteiger partial charge in [-0.05, 0) is 17.7 Å². The number of anilines is 1. The largest absolute Gasteiger partial charge is 0.347 e. The maximum Gasteiger partial charge on any atom is 0.189 e. The van der Waals surface area contributed by atoms with Gasteiger partial charge >= 0.3 is 0 Å². The molecule has 1 aromatic heterocycles. The molecule has 2 aromatic carbocycles. The molecule has 0 aliphatic rings. The Bertz CT molecular complexity index is 951. The summed E-state index contributed by atoms with van der Waals surface area (Å²) in [6.07, 6.45) is 2.81. The Morgan fingerprint density at radius 1 is 1.08 bits per heavy atom. The third kappa shape index (κ3) is 4.12. The molecule has 128 valence electrons. The summed E-state index contributed by atoms with van der Waals surface area (Å²) in [5, 5.41) is 5.64. The highest BCUT2D eigenvalue weighted by Gasteiger charge is 2.23. The molecule has 0 bridgehead atoms. The monoisotopic (exact) mass is 372 g/mol. The number of thiazole rings is 1. The third-order valence-corrected chi connectivity index (χ3v) is 5.50. The number of hydrogen-bond acceptors (Lipinski definition) is 6. The van der Waals surface area contributed by atoms with Crippen molar-refractivity contribution in [3.63, 3.8) is 0 Å². The molecule has 5 nitrogen and oxygen atoms in total. The SMILES string of the molecule is CS(=O)(=O)c1ccc(C(=O)C(Nc2nccs2)c2ccccc2)cc1. The molecule has 0 amide bonds. The van der Waals surface area contributed by atoms with Crippen molar-refractivity contribution in [3.8, 4) is 0 Å². The van der Waals surface area contributed by atoms with Crippen LogP contribution in [-0.4, -0.2) is 25.4 Å². The lowest BCUT2D eigenvalue weighted by Crippen LogP contribution is -2.21. The number of ketones is 1. The zero-order valence-electron chi connectivity index (χ0n) is 13.4. The summed E-state index contributed by atoms with van der Waals surface area (Å²) in [5.41, 5.74) is 1.25. The van der Waals surface area contributed by atoms with E-state index in [1.165, 1.54) is 35.6 Å². The summed E-state index contributed by atoms with van der Waals surface area (Å²) in [6, 6.07) is 14.7. The van der Waals surface area contributed by atoms with Crippen LogP contribution in [0.4, 0.5) is 5.13 Å². The van der Waals surface area contributed by atoms with Gasteiger partial charge in [-0.2, -0.15) is 0 Å². The fourth-order valence-corrected chi connectivity index (χ4v) is 3.59. The number of benzene rings is 2. The van der Waals surface area contributed by atoms with Crippen LogP contribution in [0.3, 0.4) is 0 Å². The van der Waals surface area contributed by atoms with Gasteiger partial charge in [0.15, 0.2) is 20.8 Å². The van der Waals surface area contributed by atoms with Crippen molar-refractivity contribution in [1.29, 1.82) is 0 Å².